The molecule has 2 nitrogen and oxygen atoms in total. The zero-order valence-corrected chi connectivity index (χ0v) is 8.48. The van der Waals surface area contributed by atoms with Gasteiger partial charge in [-0.2, -0.15) is 5.11 Å². The Morgan fingerprint density at radius 1 is 0.750 bits per heavy atom. The van der Waals surface area contributed by atoms with E-state index in [9.17, 15) is 0 Å². The molecule has 0 aliphatic carbocycles. The van der Waals surface area contributed by atoms with Crippen molar-refractivity contribution in [2.75, 3.05) is 12.3 Å². The first kappa shape index (κ1) is 10.0. The van der Waals surface area contributed by atoms with E-state index in [1.165, 1.54) is 44.9 Å². The first-order valence-corrected chi connectivity index (χ1v) is 5.93. The van der Waals surface area contributed by atoms with Gasteiger partial charge in [-0.3, -0.25) is 0 Å². The van der Waals surface area contributed by atoms with Crippen molar-refractivity contribution in [1.82, 2.24) is 0 Å². The molecule has 1 heterocycles. The highest BCUT2D eigenvalue weighted by Crippen LogP contribution is 2.13. The minimum absolute atomic E-state index is 0.938. The lowest BCUT2D eigenvalue weighted by Gasteiger charge is -2.01. The Hall–Kier alpha value is -0.0500. The van der Waals surface area contributed by atoms with Gasteiger partial charge in [0.05, 0.1) is 6.54 Å². The van der Waals surface area contributed by atoms with Crippen LogP contribution in [0.25, 0.3) is 0 Å². The third kappa shape index (κ3) is 5.58. The summed E-state index contributed by atoms with van der Waals surface area (Å²) in [5.41, 5.74) is 0. The van der Waals surface area contributed by atoms with Gasteiger partial charge in [0.1, 0.15) is 0 Å². The van der Waals surface area contributed by atoms with Crippen molar-refractivity contribution in [3.8, 4) is 0 Å². The number of nitrogens with zero attached hydrogens (tertiary/aromatic N) is 2. The maximum Gasteiger partial charge on any atom is 0.0609 e. The molecule has 1 aliphatic rings. The minimum atomic E-state index is 0.938. The van der Waals surface area contributed by atoms with Crippen LogP contribution in [-0.2, 0) is 0 Å². The van der Waals surface area contributed by atoms with Gasteiger partial charge in [-0.25, -0.2) is 0 Å². The molecule has 0 N–H and O–H groups in total. The molecule has 0 aromatic rings. The number of hydrogen-bond donors (Lipinski definition) is 0. The number of hydrogen-bond acceptors (Lipinski definition) is 3. The minimum Gasteiger partial charge on any atom is -0.182 e. The molecule has 0 amide bonds. The van der Waals surface area contributed by atoms with Crippen molar-refractivity contribution in [1.29, 1.82) is 0 Å². The molecule has 0 radical (unpaired) electrons. The summed E-state index contributed by atoms with van der Waals surface area (Å²) in [6, 6.07) is 0. The Labute approximate surface area is 79.4 Å². The average molecular weight is 186 g/mol. The summed E-state index contributed by atoms with van der Waals surface area (Å²) in [4.78, 5) is 0. The molecule has 0 saturated heterocycles. The van der Waals surface area contributed by atoms with E-state index in [1.54, 1.807) is 11.9 Å². The Morgan fingerprint density at radius 2 is 1.42 bits per heavy atom. The highest BCUT2D eigenvalue weighted by Gasteiger charge is 1.93. The van der Waals surface area contributed by atoms with E-state index in [-0.39, 0.29) is 0 Å². The van der Waals surface area contributed by atoms with E-state index in [4.69, 9.17) is 0 Å². The summed E-state index contributed by atoms with van der Waals surface area (Å²) < 4.78 is 4.05. The van der Waals surface area contributed by atoms with Crippen LogP contribution in [0.3, 0.4) is 0 Å². The molecule has 0 aromatic carbocycles. The van der Waals surface area contributed by atoms with Crippen LogP contribution in [0, 0.1) is 0 Å². The first-order valence-electron chi connectivity index (χ1n) is 4.99. The van der Waals surface area contributed by atoms with Crippen LogP contribution < -0.4 is 0 Å². The molecule has 0 saturated carbocycles. The standard InChI is InChI=1S/C9H18N2S/c1-2-4-6-8-10-11-12-9-7-5-3-1/h1-9H2. The van der Waals surface area contributed by atoms with Crippen LogP contribution in [0.4, 0.5) is 0 Å². The molecule has 3 heteroatoms. The van der Waals surface area contributed by atoms with E-state index >= 15 is 0 Å². The Morgan fingerprint density at radius 3 is 2.25 bits per heavy atom. The van der Waals surface area contributed by atoms with Gasteiger partial charge in [-0.15, -0.1) is 4.52 Å². The van der Waals surface area contributed by atoms with Crippen molar-refractivity contribution in [2.45, 2.75) is 44.9 Å². The lowest BCUT2D eigenvalue weighted by atomic mass is 10.1. The molecule has 0 fully saturated rings. The van der Waals surface area contributed by atoms with Crippen LogP contribution in [0.15, 0.2) is 9.63 Å². The maximum absolute atomic E-state index is 4.09. The topological polar surface area (TPSA) is 24.7 Å². The van der Waals surface area contributed by atoms with E-state index in [0.29, 0.717) is 0 Å². The van der Waals surface area contributed by atoms with Gasteiger partial charge in [-0.05, 0) is 24.8 Å². The van der Waals surface area contributed by atoms with Crippen LogP contribution in [0.5, 0.6) is 0 Å². The largest absolute Gasteiger partial charge is 0.182 e. The molecule has 70 valence electrons. The second-order valence-electron chi connectivity index (χ2n) is 3.25. The fraction of sp³-hybridized carbons (Fsp3) is 1.00. The Bertz CT molecular complexity index is 112. The zero-order chi connectivity index (χ0) is 8.49. The van der Waals surface area contributed by atoms with E-state index in [2.05, 4.69) is 9.63 Å². The summed E-state index contributed by atoms with van der Waals surface area (Å²) in [6.45, 7) is 0.938. The molecule has 1 rings (SSSR count). The lowest BCUT2D eigenvalue weighted by Crippen LogP contribution is -1.85. The maximum atomic E-state index is 4.09. The molecule has 0 aromatic heterocycles. The van der Waals surface area contributed by atoms with E-state index in [0.717, 1.165) is 12.3 Å². The van der Waals surface area contributed by atoms with Gasteiger partial charge in [-0.1, -0.05) is 32.1 Å². The monoisotopic (exact) mass is 186 g/mol. The van der Waals surface area contributed by atoms with E-state index < -0.39 is 0 Å². The second kappa shape index (κ2) is 7.59. The van der Waals surface area contributed by atoms with Crippen molar-refractivity contribution < 1.29 is 0 Å². The first-order chi connectivity index (χ1) is 6.00. The van der Waals surface area contributed by atoms with Crippen molar-refractivity contribution >= 4 is 11.9 Å². The number of rotatable bonds is 0. The lowest BCUT2D eigenvalue weighted by molar-refractivity contribution is 0.590. The van der Waals surface area contributed by atoms with E-state index in [1.807, 2.05) is 0 Å². The van der Waals surface area contributed by atoms with Crippen LogP contribution in [0.1, 0.15) is 44.9 Å². The molecular weight excluding hydrogens is 168 g/mol. The van der Waals surface area contributed by atoms with Gasteiger partial charge in [0.2, 0.25) is 0 Å². The predicted molar refractivity (Wildman–Crippen MR) is 54.5 cm³/mol. The fourth-order valence-electron chi connectivity index (χ4n) is 1.36. The summed E-state index contributed by atoms with van der Waals surface area (Å²) in [5, 5.41) is 4.09. The van der Waals surface area contributed by atoms with Crippen molar-refractivity contribution in [2.24, 2.45) is 9.63 Å². The van der Waals surface area contributed by atoms with Gasteiger partial charge < -0.3 is 0 Å². The summed E-state index contributed by atoms with van der Waals surface area (Å²) in [7, 11) is 0. The smallest absolute Gasteiger partial charge is 0.0609 e. The SMILES string of the molecule is C1CCCCN=NSCCCC1. The fourth-order valence-corrected chi connectivity index (χ4v) is 1.93. The molecule has 1 aliphatic heterocycles. The molecule has 0 spiro atoms. The predicted octanol–water partition coefficient (Wildman–Crippen LogP) is 3.83. The van der Waals surface area contributed by atoms with Crippen molar-refractivity contribution in [3.63, 3.8) is 0 Å². The Balaban J connectivity index is 2.10. The third-order valence-corrected chi connectivity index (χ3v) is 2.81. The molecular formula is C9H18N2S. The van der Waals surface area contributed by atoms with Gasteiger partial charge in [0, 0.05) is 5.75 Å². The molecule has 0 atom stereocenters. The van der Waals surface area contributed by atoms with Crippen LogP contribution in [-0.4, -0.2) is 12.3 Å². The van der Waals surface area contributed by atoms with Crippen molar-refractivity contribution in [3.05, 3.63) is 0 Å². The quantitative estimate of drug-likeness (QED) is 0.528. The van der Waals surface area contributed by atoms with Gasteiger partial charge >= 0.3 is 0 Å². The van der Waals surface area contributed by atoms with Gasteiger partial charge in [0.15, 0.2) is 0 Å². The summed E-state index contributed by atoms with van der Waals surface area (Å²) >= 11 is 1.63. The highest BCUT2D eigenvalue weighted by atomic mass is 32.2. The molecule has 0 unspecified atom stereocenters. The normalized spacial score (nSPS) is 22.7. The summed E-state index contributed by atoms with van der Waals surface area (Å²) in [5.74, 6) is 1.16. The highest BCUT2D eigenvalue weighted by molar-refractivity contribution is 7.97. The Kier molecular flexibility index (Phi) is 6.35. The zero-order valence-electron chi connectivity index (χ0n) is 7.67. The summed E-state index contributed by atoms with van der Waals surface area (Å²) in [6.07, 6.45) is 9.47. The molecule has 12 heavy (non-hydrogen) atoms. The van der Waals surface area contributed by atoms with Gasteiger partial charge in [0.25, 0.3) is 0 Å². The van der Waals surface area contributed by atoms with Crippen LogP contribution >= 0.6 is 11.9 Å². The third-order valence-electron chi connectivity index (χ3n) is 2.11. The second-order valence-corrected chi connectivity index (χ2v) is 4.08. The molecule has 0 bridgehead atoms. The average Bonchev–Trinajstić information content (AvgIpc) is 2.05. The van der Waals surface area contributed by atoms with Crippen LogP contribution in [0.2, 0.25) is 0 Å².